The molecule has 1 saturated heterocycles. The minimum atomic E-state index is -4.83. The first-order chi connectivity index (χ1) is 17.2. The Kier molecular flexibility index (Phi) is 7.62. The maximum Gasteiger partial charge on any atom is 0.423 e. The normalized spacial score (nSPS) is 15.6. The number of piperidine rings is 1. The predicted molar refractivity (Wildman–Crippen MR) is 121 cm³/mol. The number of anilines is 2. The van der Waals surface area contributed by atoms with Gasteiger partial charge in [-0.25, -0.2) is 10.1 Å². The summed E-state index contributed by atoms with van der Waals surface area (Å²) in [6.07, 6.45) is -0.0282. The number of ether oxygens (including phenoxy) is 1. The largest absolute Gasteiger partial charge is 0.423 e. The Balaban J connectivity index is 1.25. The molecule has 1 atom stereocenters. The second-order valence-corrected chi connectivity index (χ2v) is 8.42. The van der Waals surface area contributed by atoms with E-state index < -0.39 is 29.0 Å². The molecule has 3 aromatic rings. The van der Waals surface area contributed by atoms with Crippen LogP contribution in [0.5, 0.6) is 0 Å². The third-order valence-electron chi connectivity index (χ3n) is 5.71. The Morgan fingerprint density at radius 3 is 2.75 bits per heavy atom. The molecule has 0 radical (unpaired) electrons. The van der Waals surface area contributed by atoms with Crippen molar-refractivity contribution < 1.29 is 27.2 Å². The number of pyridine rings is 1. The minimum absolute atomic E-state index is 0.00931. The molecule has 1 aliphatic rings. The maximum absolute atomic E-state index is 13.2. The van der Waals surface area contributed by atoms with E-state index in [1.165, 1.54) is 0 Å². The van der Waals surface area contributed by atoms with Crippen LogP contribution in [0.4, 0.5) is 24.7 Å². The van der Waals surface area contributed by atoms with Crippen molar-refractivity contribution in [2.45, 2.75) is 44.5 Å². The van der Waals surface area contributed by atoms with Crippen molar-refractivity contribution in [1.82, 2.24) is 25.3 Å². The second-order valence-electron chi connectivity index (χ2n) is 8.42. The van der Waals surface area contributed by atoms with Crippen LogP contribution >= 0.6 is 0 Å². The number of aromatic nitrogens is 5. The van der Waals surface area contributed by atoms with E-state index in [0.29, 0.717) is 11.4 Å². The number of hydrogen-bond donors (Lipinski definition) is 2. The molecule has 1 aliphatic heterocycles. The fraction of sp³-hybridized carbons (Fsp3) is 0.455. The predicted octanol–water partition coefficient (Wildman–Crippen LogP) is 2.78. The molecule has 0 saturated carbocycles. The number of aldehydes is 1. The van der Waals surface area contributed by atoms with Crippen LogP contribution in [0.2, 0.25) is 0 Å². The van der Waals surface area contributed by atoms with Crippen molar-refractivity contribution in [3.05, 3.63) is 57.7 Å². The molecule has 0 aromatic carbocycles. The average Bonchev–Trinajstić information content (AvgIpc) is 3.32. The van der Waals surface area contributed by atoms with E-state index in [4.69, 9.17) is 9.26 Å². The van der Waals surface area contributed by atoms with Gasteiger partial charge in [-0.3, -0.25) is 9.59 Å². The third kappa shape index (κ3) is 6.05. The standard InChI is InChI=1S/C22H24F3N7O4/c1-13(28-16-9-27-30-21(34)19(16)22(23,24)25)11-35-12-18-29-20(31-36-18)15-4-6-32(7-5-15)17-3-2-14(10-33)8-26-17/h2-3,8-10,13,15H,4-7,11-12H2,1H3,(H2,28,30,34). The molecule has 192 valence electrons. The smallest absolute Gasteiger partial charge is 0.378 e. The SMILES string of the molecule is CC(COCc1nc(C2CCN(c3ccc(C=O)cn3)CC2)no1)Nc1cn[nH]c(=O)c1C(F)(F)F. The summed E-state index contributed by atoms with van der Waals surface area (Å²) in [4.78, 5) is 33.2. The molecular formula is C22H24F3N7O4. The van der Waals surface area contributed by atoms with Crippen LogP contribution in [0, 0.1) is 0 Å². The van der Waals surface area contributed by atoms with Gasteiger partial charge in [-0.2, -0.15) is 23.3 Å². The number of nitrogens with one attached hydrogen (secondary N) is 2. The quantitative estimate of drug-likeness (QED) is 0.416. The van der Waals surface area contributed by atoms with Gasteiger partial charge in [-0.05, 0) is 31.9 Å². The highest BCUT2D eigenvalue weighted by molar-refractivity contribution is 5.74. The Bertz CT molecular complexity index is 1220. The summed E-state index contributed by atoms with van der Waals surface area (Å²) in [6, 6.07) is 2.99. The van der Waals surface area contributed by atoms with Gasteiger partial charge in [0, 0.05) is 36.8 Å². The molecule has 3 aromatic heterocycles. The Morgan fingerprint density at radius 1 is 1.31 bits per heavy atom. The zero-order valence-electron chi connectivity index (χ0n) is 19.3. The first-order valence-corrected chi connectivity index (χ1v) is 11.2. The molecule has 0 spiro atoms. The van der Waals surface area contributed by atoms with E-state index in [9.17, 15) is 22.8 Å². The Hall–Kier alpha value is -3.81. The van der Waals surface area contributed by atoms with Gasteiger partial charge < -0.3 is 19.5 Å². The first kappa shape index (κ1) is 25.3. The van der Waals surface area contributed by atoms with E-state index in [1.54, 1.807) is 24.3 Å². The van der Waals surface area contributed by atoms with Gasteiger partial charge >= 0.3 is 6.18 Å². The number of nitrogens with zero attached hydrogens (tertiary/aromatic N) is 5. The fourth-order valence-corrected chi connectivity index (χ4v) is 3.93. The molecule has 0 amide bonds. The van der Waals surface area contributed by atoms with Gasteiger partial charge in [0.25, 0.3) is 11.4 Å². The van der Waals surface area contributed by atoms with Crippen LogP contribution in [-0.4, -0.2) is 57.3 Å². The van der Waals surface area contributed by atoms with Gasteiger partial charge in [0.15, 0.2) is 12.1 Å². The maximum atomic E-state index is 13.2. The molecule has 1 fully saturated rings. The number of H-pyrrole nitrogens is 1. The van der Waals surface area contributed by atoms with Gasteiger partial charge in [0.1, 0.15) is 18.0 Å². The van der Waals surface area contributed by atoms with Crippen molar-refractivity contribution >= 4 is 17.8 Å². The highest BCUT2D eigenvalue weighted by Crippen LogP contribution is 2.32. The van der Waals surface area contributed by atoms with Gasteiger partial charge in [-0.1, -0.05) is 5.16 Å². The lowest BCUT2D eigenvalue weighted by Crippen LogP contribution is -2.33. The van der Waals surface area contributed by atoms with Crippen LogP contribution in [0.15, 0.2) is 33.8 Å². The molecule has 2 N–H and O–H groups in total. The zero-order chi connectivity index (χ0) is 25.7. The number of carbonyl (C=O) groups excluding carboxylic acids is 1. The van der Waals surface area contributed by atoms with E-state index in [-0.39, 0.29) is 25.0 Å². The molecule has 0 aliphatic carbocycles. The lowest BCUT2D eigenvalue weighted by molar-refractivity contribution is -0.138. The van der Waals surface area contributed by atoms with Crippen LogP contribution in [0.1, 0.15) is 53.3 Å². The molecule has 36 heavy (non-hydrogen) atoms. The number of carbonyl (C=O) groups is 1. The van der Waals surface area contributed by atoms with Gasteiger partial charge in [0.2, 0.25) is 0 Å². The number of hydrogen-bond acceptors (Lipinski definition) is 10. The monoisotopic (exact) mass is 507 g/mol. The highest BCUT2D eigenvalue weighted by Gasteiger charge is 2.37. The lowest BCUT2D eigenvalue weighted by Gasteiger charge is -2.31. The zero-order valence-corrected chi connectivity index (χ0v) is 19.3. The summed E-state index contributed by atoms with van der Waals surface area (Å²) >= 11 is 0. The van der Waals surface area contributed by atoms with Crippen LogP contribution in [-0.2, 0) is 17.5 Å². The Labute approximate surface area is 203 Å². The van der Waals surface area contributed by atoms with Crippen molar-refractivity contribution in [3.8, 4) is 0 Å². The van der Waals surface area contributed by atoms with Crippen LogP contribution < -0.4 is 15.8 Å². The minimum Gasteiger partial charge on any atom is -0.378 e. The number of rotatable bonds is 9. The fourth-order valence-electron chi connectivity index (χ4n) is 3.93. The molecule has 0 bridgehead atoms. The average molecular weight is 507 g/mol. The summed E-state index contributed by atoms with van der Waals surface area (Å²) in [5.41, 5.74) is -2.56. The molecule has 1 unspecified atom stereocenters. The topological polar surface area (TPSA) is 139 Å². The highest BCUT2D eigenvalue weighted by atomic mass is 19.4. The van der Waals surface area contributed by atoms with E-state index in [1.807, 2.05) is 6.07 Å². The van der Waals surface area contributed by atoms with Crippen LogP contribution in [0.25, 0.3) is 0 Å². The number of alkyl halides is 3. The number of halogens is 3. The van der Waals surface area contributed by atoms with E-state index in [0.717, 1.165) is 44.2 Å². The van der Waals surface area contributed by atoms with Gasteiger partial charge in [-0.15, -0.1) is 0 Å². The molecule has 14 heteroatoms. The molecular weight excluding hydrogens is 483 g/mol. The van der Waals surface area contributed by atoms with Crippen molar-refractivity contribution in [2.24, 2.45) is 0 Å². The van der Waals surface area contributed by atoms with Crippen molar-refractivity contribution in [2.75, 3.05) is 29.9 Å². The third-order valence-corrected chi connectivity index (χ3v) is 5.71. The van der Waals surface area contributed by atoms with Crippen LogP contribution in [0.3, 0.4) is 0 Å². The molecule has 4 heterocycles. The summed E-state index contributed by atoms with van der Waals surface area (Å²) < 4.78 is 50.3. The summed E-state index contributed by atoms with van der Waals surface area (Å²) in [7, 11) is 0. The summed E-state index contributed by atoms with van der Waals surface area (Å²) in [6.45, 7) is 3.12. The summed E-state index contributed by atoms with van der Waals surface area (Å²) in [5, 5.41) is 11.9. The lowest BCUT2D eigenvalue weighted by atomic mass is 9.96. The van der Waals surface area contributed by atoms with E-state index >= 15 is 0 Å². The Morgan fingerprint density at radius 2 is 2.08 bits per heavy atom. The van der Waals surface area contributed by atoms with Crippen molar-refractivity contribution in [3.63, 3.8) is 0 Å². The first-order valence-electron chi connectivity index (χ1n) is 11.2. The second kappa shape index (κ2) is 10.8. The summed E-state index contributed by atoms with van der Waals surface area (Å²) in [5.74, 6) is 1.76. The van der Waals surface area contributed by atoms with E-state index in [2.05, 4.69) is 30.4 Å². The molecule has 4 rings (SSSR count). The number of aromatic amines is 1. The molecule has 11 nitrogen and oxygen atoms in total. The van der Waals surface area contributed by atoms with Gasteiger partial charge in [0.05, 0.1) is 18.5 Å². The van der Waals surface area contributed by atoms with Crippen molar-refractivity contribution in [1.29, 1.82) is 0 Å².